The van der Waals surface area contributed by atoms with Gasteiger partial charge in [0.25, 0.3) is 0 Å². The first-order valence-corrected chi connectivity index (χ1v) is 7.87. The van der Waals surface area contributed by atoms with E-state index in [0.29, 0.717) is 6.54 Å². The van der Waals surface area contributed by atoms with Gasteiger partial charge in [-0.15, -0.1) is 24.0 Å². The minimum atomic E-state index is -0.251. The fourth-order valence-electron chi connectivity index (χ4n) is 2.16. The standard InChI is InChI=1S/C16H31N5O.HI/c1-8-17-15(19-11-16(4,5)22-7)18-10-9-14-12(2)20-21(6)13(14)3;/h8-11H2,1-7H3,(H2,17,18,19);1H. The maximum atomic E-state index is 5.40. The van der Waals surface area contributed by atoms with Crippen LogP contribution in [0.4, 0.5) is 0 Å². The summed E-state index contributed by atoms with van der Waals surface area (Å²) in [6, 6.07) is 0. The van der Waals surface area contributed by atoms with Crippen molar-refractivity contribution in [3.05, 3.63) is 17.0 Å². The molecule has 0 atom stereocenters. The molecule has 0 saturated carbocycles. The molecule has 7 heteroatoms. The lowest BCUT2D eigenvalue weighted by Gasteiger charge is -2.21. The van der Waals surface area contributed by atoms with Gasteiger partial charge in [0.1, 0.15) is 0 Å². The number of aromatic nitrogens is 2. The fraction of sp³-hybridized carbons (Fsp3) is 0.750. The Morgan fingerprint density at radius 3 is 2.43 bits per heavy atom. The molecule has 6 nitrogen and oxygen atoms in total. The summed E-state index contributed by atoms with van der Waals surface area (Å²) in [4.78, 5) is 4.59. The Bertz CT molecular complexity index is 511. The number of guanidine groups is 1. The zero-order chi connectivity index (χ0) is 16.8. The van der Waals surface area contributed by atoms with Gasteiger partial charge in [0, 0.05) is 32.9 Å². The number of methoxy groups -OCH3 is 1. The lowest BCUT2D eigenvalue weighted by atomic mass is 10.1. The molecule has 0 bridgehead atoms. The SMILES string of the molecule is CCNC(=NCC(C)(C)OC)NCCc1c(C)nn(C)c1C.I. The second kappa shape index (κ2) is 10.1. The molecule has 1 aromatic rings. The van der Waals surface area contributed by atoms with E-state index < -0.39 is 0 Å². The molecular formula is C16H32IN5O. The van der Waals surface area contributed by atoms with Gasteiger partial charge in [0.2, 0.25) is 0 Å². The Balaban J connectivity index is 0.00000484. The zero-order valence-electron chi connectivity index (χ0n) is 15.5. The molecule has 0 radical (unpaired) electrons. The number of nitrogens with zero attached hydrogens (tertiary/aromatic N) is 3. The van der Waals surface area contributed by atoms with Crippen molar-refractivity contribution < 1.29 is 4.74 Å². The highest BCUT2D eigenvalue weighted by molar-refractivity contribution is 14.0. The lowest BCUT2D eigenvalue weighted by Crippen LogP contribution is -2.40. The molecule has 0 aromatic carbocycles. The van der Waals surface area contributed by atoms with Gasteiger partial charge < -0.3 is 15.4 Å². The van der Waals surface area contributed by atoms with Gasteiger partial charge in [-0.2, -0.15) is 5.10 Å². The van der Waals surface area contributed by atoms with Crippen LogP contribution in [0.25, 0.3) is 0 Å². The molecule has 0 fully saturated rings. The predicted molar refractivity (Wildman–Crippen MR) is 107 cm³/mol. The molecule has 1 heterocycles. The van der Waals surface area contributed by atoms with Crippen molar-refractivity contribution in [3.8, 4) is 0 Å². The molecule has 2 N–H and O–H groups in total. The van der Waals surface area contributed by atoms with Crippen LogP contribution in [0.1, 0.15) is 37.7 Å². The van der Waals surface area contributed by atoms with Gasteiger partial charge in [-0.3, -0.25) is 9.67 Å². The number of hydrogen-bond acceptors (Lipinski definition) is 3. The van der Waals surface area contributed by atoms with E-state index in [0.717, 1.165) is 31.2 Å². The topological polar surface area (TPSA) is 63.5 Å². The van der Waals surface area contributed by atoms with Crippen LogP contribution in [-0.4, -0.2) is 48.1 Å². The van der Waals surface area contributed by atoms with E-state index >= 15 is 0 Å². The summed E-state index contributed by atoms with van der Waals surface area (Å²) >= 11 is 0. The molecule has 0 spiro atoms. The molecule has 0 aliphatic carbocycles. The number of rotatable bonds is 7. The summed E-state index contributed by atoms with van der Waals surface area (Å²) in [5.74, 6) is 0.826. The normalized spacial score (nSPS) is 12.0. The summed E-state index contributed by atoms with van der Waals surface area (Å²) in [6.45, 7) is 12.6. The van der Waals surface area contributed by atoms with Crippen molar-refractivity contribution in [3.63, 3.8) is 0 Å². The smallest absolute Gasteiger partial charge is 0.191 e. The van der Waals surface area contributed by atoms with E-state index in [1.807, 2.05) is 25.6 Å². The molecule has 134 valence electrons. The van der Waals surface area contributed by atoms with Crippen LogP contribution >= 0.6 is 24.0 Å². The van der Waals surface area contributed by atoms with Crippen molar-refractivity contribution in [2.45, 2.75) is 46.6 Å². The van der Waals surface area contributed by atoms with E-state index in [1.54, 1.807) is 7.11 Å². The predicted octanol–water partition coefficient (Wildman–Crippen LogP) is 2.18. The molecule has 23 heavy (non-hydrogen) atoms. The van der Waals surface area contributed by atoms with Gasteiger partial charge >= 0.3 is 0 Å². The number of ether oxygens (including phenoxy) is 1. The summed E-state index contributed by atoms with van der Waals surface area (Å²) in [6.07, 6.45) is 0.934. The molecule has 0 unspecified atom stereocenters. The van der Waals surface area contributed by atoms with Crippen molar-refractivity contribution in [1.29, 1.82) is 0 Å². The molecule has 0 amide bonds. The first-order valence-electron chi connectivity index (χ1n) is 7.87. The van der Waals surface area contributed by atoms with Crippen LogP contribution in [0.3, 0.4) is 0 Å². The highest BCUT2D eigenvalue weighted by Gasteiger charge is 2.15. The Morgan fingerprint density at radius 1 is 1.30 bits per heavy atom. The van der Waals surface area contributed by atoms with Crippen LogP contribution in [0.2, 0.25) is 0 Å². The fourth-order valence-corrected chi connectivity index (χ4v) is 2.16. The number of halogens is 1. The van der Waals surface area contributed by atoms with Crippen LogP contribution in [0, 0.1) is 13.8 Å². The monoisotopic (exact) mass is 437 g/mol. The van der Waals surface area contributed by atoms with Gasteiger partial charge in [-0.1, -0.05) is 0 Å². The van der Waals surface area contributed by atoms with Crippen LogP contribution in [0.15, 0.2) is 4.99 Å². The summed E-state index contributed by atoms with van der Waals surface area (Å²) in [7, 11) is 3.70. The van der Waals surface area contributed by atoms with E-state index in [-0.39, 0.29) is 29.6 Å². The van der Waals surface area contributed by atoms with Gasteiger partial charge in [-0.25, -0.2) is 0 Å². The van der Waals surface area contributed by atoms with E-state index in [9.17, 15) is 0 Å². The van der Waals surface area contributed by atoms with E-state index in [1.165, 1.54) is 11.3 Å². The highest BCUT2D eigenvalue weighted by atomic mass is 127. The highest BCUT2D eigenvalue weighted by Crippen LogP contribution is 2.12. The maximum absolute atomic E-state index is 5.40. The Morgan fingerprint density at radius 2 is 1.96 bits per heavy atom. The van der Waals surface area contributed by atoms with Crippen molar-refractivity contribution in [2.24, 2.45) is 12.0 Å². The first kappa shape index (κ1) is 22.2. The van der Waals surface area contributed by atoms with Gasteiger partial charge in [0.05, 0.1) is 17.8 Å². The van der Waals surface area contributed by atoms with Crippen LogP contribution in [0.5, 0.6) is 0 Å². The third-order valence-electron chi connectivity index (χ3n) is 3.84. The number of nitrogens with one attached hydrogen (secondary N) is 2. The molecule has 1 rings (SSSR count). The van der Waals surface area contributed by atoms with E-state index in [4.69, 9.17) is 4.74 Å². The third-order valence-corrected chi connectivity index (χ3v) is 3.84. The molecular weight excluding hydrogens is 405 g/mol. The Hall–Kier alpha value is -0.830. The molecule has 0 aliphatic heterocycles. The van der Waals surface area contributed by atoms with Gasteiger partial charge in [-0.05, 0) is 46.6 Å². The van der Waals surface area contributed by atoms with Crippen molar-refractivity contribution in [2.75, 3.05) is 26.7 Å². The van der Waals surface area contributed by atoms with E-state index in [2.05, 4.69) is 41.5 Å². The Labute approximate surface area is 157 Å². The van der Waals surface area contributed by atoms with Gasteiger partial charge in [0.15, 0.2) is 5.96 Å². The largest absolute Gasteiger partial charge is 0.377 e. The Kier molecular flexibility index (Phi) is 9.76. The second-order valence-corrected chi connectivity index (χ2v) is 6.11. The number of aryl methyl sites for hydroxylation is 2. The minimum Gasteiger partial charge on any atom is -0.377 e. The van der Waals surface area contributed by atoms with Crippen molar-refractivity contribution >= 4 is 29.9 Å². The minimum absolute atomic E-state index is 0. The maximum Gasteiger partial charge on any atom is 0.191 e. The molecule has 1 aromatic heterocycles. The quantitative estimate of drug-likeness (QED) is 0.390. The second-order valence-electron chi connectivity index (χ2n) is 6.11. The van der Waals surface area contributed by atoms with Crippen molar-refractivity contribution in [1.82, 2.24) is 20.4 Å². The molecule has 0 aliphatic rings. The average Bonchev–Trinajstić information content (AvgIpc) is 2.71. The summed E-state index contributed by atoms with van der Waals surface area (Å²) in [5, 5.41) is 11.1. The third kappa shape index (κ3) is 7.07. The zero-order valence-corrected chi connectivity index (χ0v) is 17.8. The first-order chi connectivity index (χ1) is 10.3. The number of aliphatic imine (C=N–C) groups is 1. The lowest BCUT2D eigenvalue weighted by molar-refractivity contribution is 0.0310. The summed E-state index contributed by atoms with van der Waals surface area (Å²) in [5.41, 5.74) is 3.38. The number of hydrogen-bond donors (Lipinski definition) is 2. The van der Waals surface area contributed by atoms with Crippen LogP contribution in [-0.2, 0) is 18.2 Å². The average molecular weight is 437 g/mol. The van der Waals surface area contributed by atoms with Crippen LogP contribution < -0.4 is 10.6 Å². The molecule has 0 saturated heterocycles. The summed E-state index contributed by atoms with van der Waals surface area (Å²) < 4.78 is 7.34.